The average molecular weight is 353 g/mol. The van der Waals surface area contributed by atoms with Crippen LogP contribution in [0.3, 0.4) is 0 Å². The second-order valence-corrected chi connectivity index (χ2v) is 9.65. The molecule has 1 saturated heterocycles. The van der Waals surface area contributed by atoms with E-state index in [0.717, 1.165) is 19.3 Å². The minimum absolute atomic E-state index is 0.0158. The van der Waals surface area contributed by atoms with Gasteiger partial charge in [0.1, 0.15) is 0 Å². The molecule has 24 heavy (non-hydrogen) atoms. The summed E-state index contributed by atoms with van der Waals surface area (Å²) in [5.41, 5.74) is 0.529. The SMILES string of the molecule is CN(CC(C)(C)C)C(=O)c1ccc(S(=O)(=O)N2CCCCC2)cc1. The lowest BCUT2D eigenvalue weighted by Crippen LogP contribution is -2.36. The Morgan fingerprint density at radius 3 is 2.12 bits per heavy atom. The number of hydrogen-bond acceptors (Lipinski definition) is 3. The van der Waals surface area contributed by atoms with E-state index >= 15 is 0 Å². The molecular weight excluding hydrogens is 324 g/mol. The molecule has 1 aromatic rings. The van der Waals surface area contributed by atoms with Crippen molar-refractivity contribution in [2.45, 2.75) is 44.9 Å². The van der Waals surface area contributed by atoms with Crippen molar-refractivity contribution < 1.29 is 13.2 Å². The molecule has 1 heterocycles. The Kier molecular flexibility index (Phi) is 5.71. The fourth-order valence-electron chi connectivity index (χ4n) is 3.03. The number of carbonyl (C=O) groups is 1. The second kappa shape index (κ2) is 7.23. The van der Waals surface area contributed by atoms with E-state index in [9.17, 15) is 13.2 Å². The molecule has 6 heteroatoms. The zero-order chi connectivity index (χ0) is 18.0. The van der Waals surface area contributed by atoms with Crippen LogP contribution in [0.1, 0.15) is 50.4 Å². The summed E-state index contributed by atoms with van der Waals surface area (Å²) in [5, 5.41) is 0. The molecule has 0 spiro atoms. The van der Waals surface area contributed by atoms with Gasteiger partial charge in [0, 0.05) is 32.2 Å². The summed E-state index contributed by atoms with van der Waals surface area (Å²) in [5.74, 6) is -0.0909. The Hall–Kier alpha value is -1.40. The molecule has 1 amide bonds. The first-order valence-electron chi connectivity index (χ1n) is 8.47. The van der Waals surface area contributed by atoms with E-state index < -0.39 is 10.0 Å². The van der Waals surface area contributed by atoms with Crippen molar-refractivity contribution in [3.63, 3.8) is 0 Å². The highest BCUT2D eigenvalue weighted by molar-refractivity contribution is 7.89. The van der Waals surface area contributed by atoms with Gasteiger partial charge in [-0.2, -0.15) is 4.31 Å². The summed E-state index contributed by atoms with van der Waals surface area (Å²) in [6, 6.07) is 6.31. The van der Waals surface area contributed by atoms with Gasteiger partial charge in [-0.1, -0.05) is 27.2 Å². The van der Waals surface area contributed by atoms with Crippen LogP contribution < -0.4 is 0 Å². The average Bonchev–Trinajstić information content (AvgIpc) is 2.53. The van der Waals surface area contributed by atoms with E-state index in [4.69, 9.17) is 0 Å². The second-order valence-electron chi connectivity index (χ2n) is 7.71. The third-order valence-electron chi connectivity index (χ3n) is 4.11. The van der Waals surface area contributed by atoms with Gasteiger partial charge in [-0.05, 0) is 42.5 Å². The zero-order valence-corrected chi connectivity index (χ0v) is 15.9. The number of hydrogen-bond donors (Lipinski definition) is 0. The number of piperidine rings is 1. The number of sulfonamides is 1. The summed E-state index contributed by atoms with van der Waals surface area (Å²) in [4.78, 5) is 14.4. The largest absolute Gasteiger partial charge is 0.341 e. The molecule has 1 fully saturated rings. The van der Waals surface area contributed by atoms with E-state index in [0.29, 0.717) is 25.2 Å². The van der Waals surface area contributed by atoms with Gasteiger partial charge in [-0.25, -0.2) is 8.42 Å². The maximum atomic E-state index is 12.6. The van der Waals surface area contributed by atoms with Gasteiger partial charge >= 0.3 is 0 Å². The molecule has 0 bridgehead atoms. The highest BCUT2D eigenvalue weighted by Crippen LogP contribution is 2.22. The van der Waals surface area contributed by atoms with Gasteiger partial charge in [-0.15, -0.1) is 0 Å². The Morgan fingerprint density at radius 1 is 1.08 bits per heavy atom. The van der Waals surface area contributed by atoms with Crippen LogP contribution in [-0.4, -0.2) is 50.2 Å². The van der Waals surface area contributed by atoms with Crippen LogP contribution in [0.5, 0.6) is 0 Å². The van der Waals surface area contributed by atoms with E-state index in [1.54, 1.807) is 40.5 Å². The molecule has 1 aromatic carbocycles. The van der Waals surface area contributed by atoms with Crippen LogP contribution >= 0.6 is 0 Å². The lowest BCUT2D eigenvalue weighted by Gasteiger charge is -2.27. The Balaban J connectivity index is 2.14. The predicted octanol–water partition coefficient (Wildman–Crippen LogP) is 2.98. The lowest BCUT2D eigenvalue weighted by molar-refractivity contribution is 0.0745. The van der Waals surface area contributed by atoms with Crippen molar-refractivity contribution >= 4 is 15.9 Å². The molecule has 134 valence electrons. The molecule has 0 atom stereocenters. The van der Waals surface area contributed by atoms with E-state index in [1.807, 2.05) is 0 Å². The van der Waals surface area contributed by atoms with Crippen molar-refractivity contribution in [3.05, 3.63) is 29.8 Å². The lowest BCUT2D eigenvalue weighted by atomic mass is 9.96. The minimum atomic E-state index is -3.45. The smallest absolute Gasteiger partial charge is 0.253 e. The normalized spacial score (nSPS) is 16.8. The standard InChI is InChI=1S/C18H28N2O3S/c1-18(2,3)14-19(4)17(21)15-8-10-16(11-9-15)24(22,23)20-12-6-5-7-13-20/h8-11H,5-7,12-14H2,1-4H3. The molecule has 1 aliphatic rings. The molecular formula is C18H28N2O3S. The van der Waals surface area contributed by atoms with Gasteiger partial charge in [0.15, 0.2) is 0 Å². The van der Waals surface area contributed by atoms with E-state index in [1.165, 1.54) is 0 Å². The number of benzene rings is 1. The first-order valence-corrected chi connectivity index (χ1v) is 9.91. The van der Waals surface area contributed by atoms with Crippen LogP contribution in [0.25, 0.3) is 0 Å². The third kappa shape index (κ3) is 4.57. The number of rotatable bonds is 4. The number of nitrogens with zero attached hydrogens (tertiary/aromatic N) is 2. The summed E-state index contributed by atoms with van der Waals surface area (Å²) in [6.07, 6.45) is 2.90. The monoisotopic (exact) mass is 352 g/mol. The van der Waals surface area contributed by atoms with Gasteiger partial charge in [0.25, 0.3) is 5.91 Å². The Bertz CT molecular complexity index is 669. The van der Waals surface area contributed by atoms with Crippen LogP contribution in [0.15, 0.2) is 29.2 Å². The molecule has 2 rings (SSSR count). The molecule has 0 N–H and O–H groups in total. The first-order chi connectivity index (χ1) is 11.1. The first kappa shape index (κ1) is 18.9. The van der Waals surface area contributed by atoms with Crippen molar-refractivity contribution in [2.75, 3.05) is 26.7 Å². The number of carbonyl (C=O) groups excluding carboxylic acids is 1. The zero-order valence-electron chi connectivity index (χ0n) is 15.1. The molecule has 0 radical (unpaired) electrons. The topological polar surface area (TPSA) is 57.7 Å². The molecule has 0 unspecified atom stereocenters. The van der Waals surface area contributed by atoms with Gasteiger partial charge in [0.2, 0.25) is 10.0 Å². The predicted molar refractivity (Wildman–Crippen MR) is 95.5 cm³/mol. The highest BCUT2D eigenvalue weighted by atomic mass is 32.2. The van der Waals surface area contributed by atoms with Gasteiger partial charge in [-0.3, -0.25) is 4.79 Å². The van der Waals surface area contributed by atoms with Crippen LogP contribution in [0, 0.1) is 5.41 Å². The van der Waals surface area contributed by atoms with Crippen LogP contribution in [0.4, 0.5) is 0 Å². The number of amides is 1. The Morgan fingerprint density at radius 2 is 1.62 bits per heavy atom. The quantitative estimate of drug-likeness (QED) is 0.837. The molecule has 0 aromatic heterocycles. The summed E-state index contributed by atoms with van der Waals surface area (Å²) in [6.45, 7) is 8.02. The maximum Gasteiger partial charge on any atom is 0.253 e. The Labute approximate surface area is 145 Å². The third-order valence-corrected chi connectivity index (χ3v) is 6.03. The fourth-order valence-corrected chi connectivity index (χ4v) is 4.54. The summed E-state index contributed by atoms with van der Waals surface area (Å²) >= 11 is 0. The highest BCUT2D eigenvalue weighted by Gasteiger charge is 2.26. The summed E-state index contributed by atoms with van der Waals surface area (Å²) in [7, 11) is -1.68. The van der Waals surface area contributed by atoms with Gasteiger partial charge < -0.3 is 4.90 Å². The van der Waals surface area contributed by atoms with E-state index in [-0.39, 0.29) is 16.2 Å². The maximum absolute atomic E-state index is 12.6. The molecule has 0 saturated carbocycles. The van der Waals surface area contributed by atoms with Crippen molar-refractivity contribution in [3.8, 4) is 0 Å². The van der Waals surface area contributed by atoms with Crippen molar-refractivity contribution in [1.82, 2.24) is 9.21 Å². The van der Waals surface area contributed by atoms with Gasteiger partial charge in [0.05, 0.1) is 4.90 Å². The van der Waals surface area contributed by atoms with Crippen molar-refractivity contribution in [2.24, 2.45) is 5.41 Å². The van der Waals surface area contributed by atoms with E-state index in [2.05, 4.69) is 20.8 Å². The fraction of sp³-hybridized carbons (Fsp3) is 0.611. The minimum Gasteiger partial charge on any atom is -0.341 e. The van der Waals surface area contributed by atoms with Crippen LogP contribution in [0.2, 0.25) is 0 Å². The molecule has 5 nitrogen and oxygen atoms in total. The van der Waals surface area contributed by atoms with Crippen molar-refractivity contribution in [1.29, 1.82) is 0 Å². The summed E-state index contributed by atoms with van der Waals surface area (Å²) < 4.78 is 26.8. The molecule has 1 aliphatic heterocycles. The van der Waals surface area contributed by atoms with Crippen LogP contribution in [-0.2, 0) is 10.0 Å². The molecule has 0 aliphatic carbocycles.